The number of amides is 1. The molecule has 2 rings (SSSR count). The van der Waals surface area contributed by atoms with Crippen LogP contribution in [0.3, 0.4) is 0 Å². The average molecular weight is 362 g/mol. The van der Waals surface area contributed by atoms with Crippen molar-refractivity contribution >= 4 is 29.1 Å². The van der Waals surface area contributed by atoms with E-state index in [0.717, 1.165) is 18.2 Å². The number of hydrogen-bond donors (Lipinski definition) is 1. The molecule has 2 atom stereocenters. The molecule has 0 aliphatic heterocycles. The summed E-state index contributed by atoms with van der Waals surface area (Å²) in [4.78, 5) is 12.0. The Labute approximate surface area is 141 Å². The van der Waals surface area contributed by atoms with Gasteiger partial charge in [-0.05, 0) is 31.2 Å². The minimum atomic E-state index is -1.67. The van der Waals surface area contributed by atoms with Crippen LogP contribution in [0.25, 0.3) is 0 Å². The molecule has 0 fully saturated rings. The molecule has 0 saturated heterocycles. The zero-order valence-electron chi connectivity index (χ0n) is 11.9. The van der Waals surface area contributed by atoms with E-state index in [9.17, 15) is 18.0 Å². The van der Waals surface area contributed by atoms with Gasteiger partial charge in [0, 0.05) is 15.6 Å². The first-order valence-electron chi connectivity index (χ1n) is 6.65. The molecule has 122 valence electrons. The molecule has 0 aliphatic rings. The zero-order chi connectivity index (χ0) is 17.1. The van der Waals surface area contributed by atoms with Gasteiger partial charge in [0.1, 0.15) is 23.4 Å². The van der Waals surface area contributed by atoms with Crippen molar-refractivity contribution in [1.82, 2.24) is 5.32 Å². The van der Waals surface area contributed by atoms with Gasteiger partial charge in [-0.15, -0.1) is 0 Å². The Morgan fingerprint density at radius 1 is 1.13 bits per heavy atom. The SMILES string of the molecule is C[C@H](NC(=O)c1c(F)cccc1F)[C@H](F)c1ccc(Cl)cc1Cl. The maximum absolute atomic E-state index is 14.5. The third-order valence-electron chi connectivity index (χ3n) is 3.25. The second-order valence-corrected chi connectivity index (χ2v) is 5.77. The summed E-state index contributed by atoms with van der Waals surface area (Å²) in [6.07, 6.45) is -1.67. The maximum atomic E-state index is 14.5. The first-order valence-corrected chi connectivity index (χ1v) is 7.40. The predicted octanol–water partition coefficient (Wildman–Crippen LogP) is 5.10. The lowest BCUT2D eigenvalue weighted by Crippen LogP contribution is -2.36. The second-order valence-electron chi connectivity index (χ2n) is 4.93. The van der Waals surface area contributed by atoms with Gasteiger partial charge >= 0.3 is 0 Å². The summed E-state index contributed by atoms with van der Waals surface area (Å²) in [6.45, 7) is 1.37. The van der Waals surface area contributed by atoms with Gasteiger partial charge in [0.05, 0.1) is 6.04 Å². The number of nitrogens with one attached hydrogen (secondary N) is 1. The van der Waals surface area contributed by atoms with Crippen molar-refractivity contribution in [1.29, 1.82) is 0 Å². The number of halogens is 5. The van der Waals surface area contributed by atoms with E-state index < -0.39 is 35.3 Å². The fourth-order valence-corrected chi connectivity index (χ4v) is 2.57. The van der Waals surface area contributed by atoms with E-state index in [1.54, 1.807) is 0 Å². The van der Waals surface area contributed by atoms with E-state index in [2.05, 4.69) is 5.32 Å². The van der Waals surface area contributed by atoms with Crippen LogP contribution in [-0.2, 0) is 0 Å². The van der Waals surface area contributed by atoms with Crippen molar-refractivity contribution in [2.24, 2.45) is 0 Å². The number of rotatable bonds is 4. The lowest BCUT2D eigenvalue weighted by molar-refractivity contribution is 0.0907. The Kier molecular flexibility index (Phi) is 5.55. The van der Waals surface area contributed by atoms with Gasteiger partial charge in [-0.1, -0.05) is 35.3 Å². The summed E-state index contributed by atoms with van der Waals surface area (Å²) in [7, 11) is 0. The lowest BCUT2D eigenvalue weighted by atomic mass is 10.0. The second kappa shape index (κ2) is 7.23. The lowest BCUT2D eigenvalue weighted by Gasteiger charge is -2.20. The first-order chi connectivity index (χ1) is 10.8. The van der Waals surface area contributed by atoms with Crippen LogP contribution >= 0.6 is 23.2 Å². The Morgan fingerprint density at radius 3 is 2.30 bits per heavy atom. The van der Waals surface area contributed by atoms with Crippen molar-refractivity contribution < 1.29 is 18.0 Å². The Bertz CT molecular complexity index is 719. The molecule has 2 aromatic rings. The summed E-state index contributed by atoms with van der Waals surface area (Å²) >= 11 is 11.7. The van der Waals surface area contributed by atoms with Crippen molar-refractivity contribution in [2.45, 2.75) is 19.1 Å². The van der Waals surface area contributed by atoms with Crippen molar-refractivity contribution in [3.63, 3.8) is 0 Å². The molecule has 23 heavy (non-hydrogen) atoms. The largest absolute Gasteiger partial charge is 0.346 e. The van der Waals surface area contributed by atoms with Gasteiger partial charge in [0.2, 0.25) is 0 Å². The highest BCUT2D eigenvalue weighted by atomic mass is 35.5. The van der Waals surface area contributed by atoms with Crippen molar-refractivity contribution in [3.8, 4) is 0 Å². The molecule has 0 saturated carbocycles. The van der Waals surface area contributed by atoms with Gasteiger partial charge in [-0.2, -0.15) is 0 Å². The molecular formula is C16H12Cl2F3NO. The van der Waals surface area contributed by atoms with E-state index >= 15 is 0 Å². The molecule has 2 nitrogen and oxygen atoms in total. The van der Waals surface area contributed by atoms with Crippen LogP contribution in [0.2, 0.25) is 10.0 Å². The molecule has 0 bridgehead atoms. The minimum absolute atomic E-state index is 0.100. The normalized spacial score (nSPS) is 13.5. The van der Waals surface area contributed by atoms with Gasteiger partial charge in [0.25, 0.3) is 5.91 Å². The number of benzene rings is 2. The zero-order valence-corrected chi connectivity index (χ0v) is 13.4. The van der Waals surface area contributed by atoms with E-state index in [1.165, 1.54) is 25.1 Å². The van der Waals surface area contributed by atoms with Crippen LogP contribution in [0.1, 0.15) is 29.0 Å². The quantitative estimate of drug-likeness (QED) is 0.806. The standard InChI is InChI=1S/C16H12Cl2F3NO/c1-8(15(21)10-6-5-9(17)7-11(10)18)22-16(23)14-12(19)3-2-4-13(14)20/h2-8,15H,1H3,(H,22,23)/t8-,15-/m0/s1. The monoisotopic (exact) mass is 361 g/mol. The molecule has 0 aromatic heterocycles. The van der Waals surface area contributed by atoms with Crippen LogP contribution < -0.4 is 5.32 Å². The summed E-state index contributed by atoms with van der Waals surface area (Å²) in [5.41, 5.74) is -0.633. The van der Waals surface area contributed by atoms with Gasteiger partial charge in [0.15, 0.2) is 0 Å². The topological polar surface area (TPSA) is 29.1 Å². The van der Waals surface area contributed by atoms with Gasteiger partial charge < -0.3 is 5.32 Å². The molecule has 0 aliphatic carbocycles. The summed E-state index contributed by atoms with van der Waals surface area (Å²) in [5.74, 6) is -3.08. The molecule has 1 amide bonds. The fraction of sp³-hybridized carbons (Fsp3) is 0.188. The van der Waals surface area contributed by atoms with Crippen LogP contribution in [0, 0.1) is 11.6 Å². The molecule has 0 radical (unpaired) electrons. The molecule has 0 heterocycles. The molecular weight excluding hydrogens is 350 g/mol. The Balaban J connectivity index is 2.18. The van der Waals surface area contributed by atoms with Crippen LogP contribution in [0.4, 0.5) is 13.2 Å². The van der Waals surface area contributed by atoms with Crippen LogP contribution in [0.15, 0.2) is 36.4 Å². The summed E-state index contributed by atoms with van der Waals surface area (Å²) in [6, 6.07) is 6.20. The first kappa shape index (κ1) is 17.6. The van der Waals surface area contributed by atoms with E-state index in [-0.39, 0.29) is 10.6 Å². The molecule has 2 aromatic carbocycles. The summed E-state index contributed by atoms with van der Waals surface area (Å²) in [5, 5.41) is 2.68. The predicted molar refractivity (Wildman–Crippen MR) is 83.6 cm³/mol. The van der Waals surface area contributed by atoms with Crippen molar-refractivity contribution in [3.05, 3.63) is 69.2 Å². The van der Waals surface area contributed by atoms with Gasteiger partial charge in [-0.3, -0.25) is 4.79 Å². The Morgan fingerprint density at radius 2 is 1.74 bits per heavy atom. The highest BCUT2D eigenvalue weighted by molar-refractivity contribution is 6.35. The maximum Gasteiger partial charge on any atom is 0.257 e. The third kappa shape index (κ3) is 3.98. The smallest absolute Gasteiger partial charge is 0.257 e. The number of hydrogen-bond acceptors (Lipinski definition) is 1. The minimum Gasteiger partial charge on any atom is -0.346 e. The average Bonchev–Trinajstić information content (AvgIpc) is 2.46. The van der Waals surface area contributed by atoms with E-state index in [4.69, 9.17) is 23.2 Å². The molecule has 0 spiro atoms. The fourth-order valence-electron chi connectivity index (χ4n) is 2.06. The van der Waals surface area contributed by atoms with E-state index in [1.807, 2.05) is 0 Å². The number of alkyl halides is 1. The van der Waals surface area contributed by atoms with E-state index in [0.29, 0.717) is 5.02 Å². The van der Waals surface area contributed by atoms with Crippen molar-refractivity contribution in [2.75, 3.05) is 0 Å². The Hall–Kier alpha value is -1.72. The number of carbonyl (C=O) groups is 1. The molecule has 1 N–H and O–H groups in total. The van der Waals surface area contributed by atoms with Crippen LogP contribution in [0.5, 0.6) is 0 Å². The third-order valence-corrected chi connectivity index (χ3v) is 3.81. The highest BCUT2D eigenvalue weighted by Gasteiger charge is 2.25. The van der Waals surface area contributed by atoms with Gasteiger partial charge in [-0.25, -0.2) is 13.2 Å². The van der Waals surface area contributed by atoms with Crippen LogP contribution in [-0.4, -0.2) is 11.9 Å². The summed E-state index contributed by atoms with van der Waals surface area (Å²) < 4.78 is 41.6. The highest BCUT2D eigenvalue weighted by Crippen LogP contribution is 2.30. The number of carbonyl (C=O) groups excluding carboxylic acids is 1. The molecule has 0 unspecified atom stereocenters. The molecule has 7 heteroatoms.